The van der Waals surface area contributed by atoms with Gasteiger partial charge < -0.3 is 15.5 Å². The summed E-state index contributed by atoms with van der Waals surface area (Å²) in [7, 11) is 0. The van der Waals surface area contributed by atoms with E-state index in [1.165, 1.54) is 34.1 Å². The number of nitrogens with one attached hydrogen (secondary N) is 2. The van der Waals surface area contributed by atoms with E-state index in [4.69, 9.17) is 11.6 Å². The third kappa shape index (κ3) is 5.26. The molecule has 2 aromatic heterocycles. The monoisotopic (exact) mass is 488 g/mol. The predicted octanol–water partition coefficient (Wildman–Crippen LogP) is 4.22. The molecule has 2 N–H and O–H groups in total. The van der Waals surface area contributed by atoms with Gasteiger partial charge in [0.2, 0.25) is 0 Å². The molecule has 2 atom stereocenters. The van der Waals surface area contributed by atoms with Gasteiger partial charge in [-0.3, -0.25) is 14.2 Å². The van der Waals surface area contributed by atoms with Crippen molar-refractivity contribution in [2.75, 3.05) is 25.0 Å². The van der Waals surface area contributed by atoms with Crippen LogP contribution in [0.15, 0.2) is 59.5 Å². The Bertz CT molecular complexity index is 1240. The third-order valence-corrected chi connectivity index (χ3v) is 6.90. The van der Waals surface area contributed by atoms with Gasteiger partial charge in [0.05, 0.1) is 20.6 Å². The number of urea groups is 1. The number of thiophene rings is 1. The molecule has 0 spiro atoms. The van der Waals surface area contributed by atoms with Crippen molar-refractivity contribution in [1.82, 2.24) is 14.8 Å². The van der Waals surface area contributed by atoms with Crippen LogP contribution < -0.4 is 16.2 Å². The molecule has 0 aliphatic carbocycles. The smallest absolute Gasteiger partial charge is 0.321 e. The lowest BCUT2D eigenvalue weighted by atomic mass is 9.98. The van der Waals surface area contributed by atoms with Gasteiger partial charge in [-0.05, 0) is 42.2 Å². The van der Waals surface area contributed by atoms with Crippen LogP contribution in [0.4, 0.5) is 14.9 Å². The molecule has 3 aromatic rings. The number of pyridine rings is 1. The van der Waals surface area contributed by atoms with E-state index in [0.717, 1.165) is 0 Å². The number of carbonyl (C=O) groups is 2. The topological polar surface area (TPSA) is 83.4 Å². The van der Waals surface area contributed by atoms with Gasteiger partial charge in [0.1, 0.15) is 5.82 Å². The van der Waals surface area contributed by atoms with E-state index < -0.39 is 11.8 Å². The Balaban J connectivity index is 1.35. The maximum absolute atomic E-state index is 14.6. The average molecular weight is 489 g/mol. The standard InChI is InChI=1S/C23H22ClFN4O3S/c1-14-12-28(13-15(14)11-26-22(31)19-7-8-20(24)33-19)23(32)27-18-6-5-16(10-17(18)25)29-9-3-2-4-21(29)30/h2-10,14-15H,11-13H2,1H3,(H,26,31)(H,27,32)/t14?,15-/m1/s1. The Morgan fingerprint density at radius 2 is 2.00 bits per heavy atom. The second-order valence-electron chi connectivity index (χ2n) is 7.96. The minimum absolute atomic E-state index is 0.0340. The van der Waals surface area contributed by atoms with Gasteiger partial charge in [0.25, 0.3) is 11.5 Å². The molecule has 172 valence electrons. The van der Waals surface area contributed by atoms with Gasteiger partial charge in [-0.25, -0.2) is 9.18 Å². The van der Waals surface area contributed by atoms with Crippen molar-refractivity contribution in [3.05, 3.63) is 80.1 Å². The van der Waals surface area contributed by atoms with Crippen molar-refractivity contribution in [1.29, 1.82) is 0 Å². The van der Waals surface area contributed by atoms with Crippen LogP contribution in [0, 0.1) is 17.7 Å². The van der Waals surface area contributed by atoms with E-state index in [2.05, 4.69) is 10.6 Å². The van der Waals surface area contributed by atoms with Crippen LogP contribution in [0.25, 0.3) is 5.69 Å². The van der Waals surface area contributed by atoms with Crippen molar-refractivity contribution in [3.8, 4) is 5.69 Å². The molecule has 10 heteroatoms. The first-order valence-corrected chi connectivity index (χ1v) is 11.6. The molecule has 1 aliphatic rings. The zero-order valence-corrected chi connectivity index (χ0v) is 19.3. The summed E-state index contributed by atoms with van der Waals surface area (Å²) >= 11 is 7.09. The Morgan fingerprint density at radius 3 is 2.70 bits per heavy atom. The van der Waals surface area contributed by atoms with E-state index >= 15 is 0 Å². The lowest BCUT2D eigenvalue weighted by Crippen LogP contribution is -2.35. The van der Waals surface area contributed by atoms with Crippen LogP contribution in [-0.4, -0.2) is 41.0 Å². The Morgan fingerprint density at radius 1 is 1.18 bits per heavy atom. The maximum Gasteiger partial charge on any atom is 0.321 e. The van der Waals surface area contributed by atoms with Crippen LogP contribution in [0.1, 0.15) is 16.6 Å². The molecule has 1 aromatic carbocycles. The van der Waals surface area contributed by atoms with E-state index in [0.29, 0.717) is 34.5 Å². The van der Waals surface area contributed by atoms with E-state index in [1.807, 2.05) is 6.92 Å². The normalized spacial score (nSPS) is 17.7. The maximum atomic E-state index is 14.6. The highest BCUT2D eigenvalue weighted by Crippen LogP contribution is 2.25. The Labute approximate surface area is 198 Å². The summed E-state index contributed by atoms with van der Waals surface area (Å²) in [6.07, 6.45) is 1.55. The number of carbonyl (C=O) groups excluding carboxylic acids is 2. The van der Waals surface area contributed by atoms with Crippen molar-refractivity contribution in [2.45, 2.75) is 6.92 Å². The van der Waals surface area contributed by atoms with E-state index in [1.54, 1.807) is 41.4 Å². The molecule has 3 amide bonds. The number of aromatic nitrogens is 1. The number of likely N-dealkylation sites (tertiary alicyclic amines) is 1. The van der Waals surface area contributed by atoms with E-state index in [9.17, 15) is 18.8 Å². The van der Waals surface area contributed by atoms with Crippen molar-refractivity contribution < 1.29 is 14.0 Å². The van der Waals surface area contributed by atoms with Crippen molar-refractivity contribution in [3.63, 3.8) is 0 Å². The predicted molar refractivity (Wildman–Crippen MR) is 127 cm³/mol. The minimum atomic E-state index is -0.637. The molecule has 1 saturated heterocycles. The highest BCUT2D eigenvalue weighted by molar-refractivity contribution is 7.18. The zero-order chi connectivity index (χ0) is 23.5. The second-order valence-corrected chi connectivity index (χ2v) is 9.67. The number of anilines is 1. The lowest BCUT2D eigenvalue weighted by Gasteiger charge is -2.18. The fraction of sp³-hybridized carbons (Fsp3) is 0.261. The van der Waals surface area contributed by atoms with Crippen molar-refractivity contribution >= 4 is 40.6 Å². The number of halogens is 2. The van der Waals surface area contributed by atoms with Crippen LogP contribution in [-0.2, 0) is 0 Å². The van der Waals surface area contributed by atoms with Crippen LogP contribution in [0.3, 0.4) is 0 Å². The quantitative estimate of drug-likeness (QED) is 0.564. The molecule has 0 radical (unpaired) electrons. The molecule has 0 bridgehead atoms. The van der Waals surface area contributed by atoms with Gasteiger partial charge in [-0.1, -0.05) is 24.6 Å². The van der Waals surface area contributed by atoms with Gasteiger partial charge in [0.15, 0.2) is 0 Å². The highest BCUT2D eigenvalue weighted by Gasteiger charge is 2.33. The first-order chi connectivity index (χ1) is 15.8. The summed E-state index contributed by atoms with van der Waals surface area (Å²) < 4.78 is 16.5. The van der Waals surface area contributed by atoms with E-state index in [-0.39, 0.29) is 29.0 Å². The first-order valence-electron chi connectivity index (χ1n) is 10.4. The summed E-state index contributed by atoms with van der Waals surface area (Å²) in [5.41, 5.74) is 0.125. The molecule has 3 heterocycles. The molecule has 33 heavy (non-hydrogen) atoms. The number of amides is 3. The number of hydrogen-bond donors (Lipinski definition) is 2. The molecular weight excluding hydrogens is 467 g/mol. The average Bonchev–Trinajstić information content (AvgIpc) is 3.39. The summed E-state index contributed by atoms with van der Waals surface area (Å²) in [4.78, 5) is 39.1. The molecule has 1 aliphatic heterocycles. The van der Waals surface area contributed by atoms with Crippen LogP contribution in [0.2, 0.25) is 4.34 Å². The van der Waals surface area contributed by atoms with Crippen LogP contribution >= 0.6 is 22.9 Å². The fourth-order valence-corrected chi connectivity index (χ4v) is 4.76. The van der Waals surface area contributed by atoms with Crippen molar-refractivity contribution in [2.24, 2.45) is 11.8 Å². The molecule has 4 rings (SSSR count). The zero-order valence-electron chi connectivity index (χ0n) is 17.8. The van der Waals surface area contributed by atoms with Gasteiger partial charge >= 0.3 is 6.03 Å². The highest BCUT2D eigenvalue weighted by atomic mass is 35.5. The molecule has 1 unspecified atom stereocenters. The van der Waals surface area contributed by atoms with Crippen LogP contribution in [0.5, 0.6) is 0 Å². The number of nitrogens with zero attached hydrogens (tertiary/aromatic N) is 2. The molecular formula is C23H22ClFN4O3S. The SMILES string of the molecule is CC1CN(C(=O)Nc2ccc(-n3ccccc3=O)cc2F)C[C@H]1CNC(=O)c1ccc(Cl)s1. The summed E-state index contributed by atoms with van der Waals surface area (Å²) in [6, 6.07) is 11.8. The number of benzene rings is 1. The summed E-state index contributed by atoms with van der Waals surface area (Å²) in [5.74, 6) is -0.587. The third-order valence-electron chi connectivity index (χ3n) is 5.67. The molecule has 7 nitrogen and oxygen atoms in total. The Kier molecular flexibility index (Phi) is 6.80. The first kappa shape index (κ1) is 23.0. The van der Waals surface area contributed by atoms with Gasteiger partial charge in [0, 0.05) is 38.0 Å². The van der Waals surface area contributed by atoms with Gasteiger partial charge in [-0.15, -0.1) is 11.3 Å². The second kappa shape index (κ2) is 9.76. The number of rotatable bonds is 5. The Hall–Kier alpha value is -3.17. The summed E-state index contributed by atoms with van der Waals surface area (Å²) in [5, 5.41) is 5.50. The number of hydrogen-bond acceptors (Lipinski definition) is 4. The molecule has 0 saturated carbocycles. The minimum Gasteiger partial charge on any atom is -0.351 e. The molecule has 1 fully saturated rings. The largest absolute Gasteiger partial charge is 0.351 e. The van der Waals surface area contributed by atoms with Gasteiger partial charge in [-0.2, -0.15) is 0 Å². The fourth-order valence-electron chi connectivity index (χ4n) is 3.80. The lowest BCUT2D eigenvalue weighted by molar-refractivity contribution is 0.0949. The summed E-state index contributed by atoms with van der Waals surface area (Å²) in [6.45, 7) is 3.38.